The molecule has 0 heteroatoms. The van der Waals surface area contributed by atoms with Crippen molar-refractivity contribution in [3.05, 3.63) is 47.0 Å². The maximum Gasteiger partial charge on any atom is -0.00876 e. The molecule has 3 aliphatic carbocycles. The smallest absolute Gasteiger partial charge is 0.00876 e. The van der Waals surface area contributed by atoms with Crippen molar-refractivity contribution in [3.63, 3.8) is 0 Å². The fraction of sp³-hybridized carbons (Fsp3) is 0.652. The molecule has 0 saturated heterocycles. The van der Waals surface area contributed by atoms with E-state index in [1.807, 2.05) is 0 Å². The van der Waals surface area contributed by atoms with Crippen LogP contribution in [0.3, 0.4) is 0 Å². The molecule has 0 bridgehead atoms. The molecular weight excluding hydrogens is 276 g/mol. The predicted molar refractivity (Wildman–Crippen MR) is 105 cm³/mol. The Morgan fingerprint density at radius 2 is 1.78 bits per heavy atom. The van der Waals surface area contributed by atoms with E-state index < -0.39 is 0 Å². The molecule has 0 aliphatic heterocycles. The Morgan fingerprint density at radius 3 is 2.52 bits per heavy atom. The van der Waals surface area contributed by atoms with Crippen molar-refractivity contribution in [1.29, 1.82) is 0 Å². The van der Waals surface area contributed by atoms with Gasteiger partial charge in [-0.3, -0.25) is 0 Å². The van der Waals surface area contributed by atoms with Crippen molar-refractivity contribution in [1.82, 2.24) is 0 Å². The van der Waals surface area contributed by atoms with Crippen LogP contribution in [0, 0.1) is 24.2 Å². The van der Waals surface area contributed by atoms with Gasteiger partial charge in [-0.1, -0.05) is 65.1 Å². The minimum absolute atomic E-state index is 0. The van der Waals surface area contributed by atoms with E-state index in [1.165, 1.54) is 44.1 Å². The zero-order chi connectivity index (χ0) is 13.9. The zero-order valence-corrected chi connectivity index (χ0v) is 12.9. The SMILES string of the molecule is C.C.C.C=C1CCC2C3CCc4cc(C)ccc4C3CCC12C. The van der Waals surface area contributed by atoms with Crippen LogP contribution in [0.4, 0.5) is 0 Å². The maximum absolute atomic E-state index is 4.40. The number of allylic oxidation sites excluding steroid dienone is 1. The van der Waals surface area contributed by atoms with E-state index in [1.54, 1.807) is 16.7 Å². The van der Waals surface area contributed by atoms with Gasteiger partial charge in [-0.15, -0.1) is 0 Å². The van der Waals surface area contributed by atoms with Gasteiger partial charge in [0, 0.05) is 0 Å². The van der Waals surface area contributed by atoms with Gasteiger partial charge in [0.15, 0.2) is 0 Å². The van der Waals surface area contributed by atoms with Crippen LogP contribution in [-0.2, 0) is 6.42 Å². The minimum Gasteiger partial charge on any atom is -0.0993 e. The third-order valence-corrected chi connectivity index (χ3v) is 6.84. The molecule has 0 nitrogen and oxygen atoms in total. The van der Waals surface area contributed by atoms with Crippen molar-refractivity contribution in [2.75, 3.05) is 0 Å². The summed E-state index contributed by atoms with van der Waals surface area (Å²) in [6.07, 6.45) is 8.15. The lowest BCUT2D eigenvalue weighted by Crippen LogP contribution is -2.40. The van der Waals surface area contributed by atoms with Gasteiger partial charge in [-0.25, -0.2) is 0 Å². The third kappa shape index (κ3) is 2.79. The molecule has 0 aromatic heterocycles. The Balaban J connectivity index is 0.000000882. The average Bonchev–Trinajstić information content (AvgIpc) is 2.74. The Labute approximate surface area is 145 Å². The standard InChI is InChI=1S/C20H26.3CH4/c1-13-4-7-16-15(12-13)6-8-18-17(16)10-11-20(3)14(2)5-9-19(18)20;;;/h4,7,12,17-19H,2,5-6,8-11H2,1,3H3;3*1H4. The molecular formula is C23H38. The lowest BCUT2D eigenvalue weighted by atomic mass is 9.55. The topological polar surface area (TPSA) is 0 Å². The molecule has 2 saturated carbocycles. The van der Waals surface area contributed by atoms with Crippen LogP contribution in [0.5, 0.6) is 0 Å². The molecule has 0 heterocycles. The lowest BCUT2D eigenvalue weighted by Gasteiger charge is -2.49. The molecule has 23 heavy (non-hydrogen) atoms. The largest absolute Gasteiger partial charge is 0.0993 e. The Morgan fingerprint density at radius 1 is 1.04 bits per heavy atom. The quantitative estimate of drug-likeness (QED) is 0.440. The lowest BCUT2D eigenvalue weighted by molar-refractivity contribution is 0.0817. The molecule has 1 aromatic carbocycles. The highest BCUT2D eigenvalue weighted by Crippen LogP contribution is 2.62. The van der Waals surface area contributed by atoms with E-state index in [0.717, 1.165) is 17.8 Å². The second kappa shape index (κ2) is 6.83. The van der Waals surface area contributed by atoms with Gasteiger partial charge in [-0.05, 0) is 79.7 Å². The highest BCUT2D eigenvalue weighted by Gasteiger charge is 2.51. The van der Waals surface area contributed by atoms with Gasteiger partial charge >= 0.3 is 0 Å². The van der Waals surface area contributed by atoms with E-state index in [9.17, 15) is 0 Å². The van der Waals surface area contributed by atoms with Crippen LogP contribution < -0.4 is 0 Å². The first-order valence-electron chi connectivity index (χ1n) is 8.37. The number of fused-ring (bicyclic) bond motifs is 5. The molecule has 2 fully saturated rings. The van der Waals surface area contributed by atoms with Crippen LogP contribution in [0.1, 0.15) is 83.9 Å². The van der Waals surface area contributed by atoms with Crippen molar-refractivity contribution in [2.24, 2.45) is 17.3 Å². The molecule has 4 rings (SSSR count). The van der Waals surface area contributed by atoms with E-state index in [2.05, 4.69) is 38.6 Å². The minimum atomic E-state index is 0. The van der Waals surface area contributed by atoms with Gasteiger partial charge in [0.2, 0.25) is 0 Å². The first-order valence-corrected chi connectivity index (χ1v) is 8.37. The average molecular weight is 315 g/mol. The molecule has 0 amide bonds. The van der Waals surface area contributed by atoms with Crippen molar-refractivity contribution >= 4 is 0 Å². The van der Waals surface area contributed by atoms with Crippen molar-refractivity contribution < 1.29 is 0 Å². The summed E-state index contributed by atoms with van der Waals surface area (Å²) in [6, 6.07) is 7.20. The number of hydrogen-bond acceptors (Lipinski definition) is 0. The van der Waals surface area contributed by atoms with E-state index >= 15 is 0 Å². The highest BCUT2D eigenvalue weighted by molar-refractivity contribution is 5.38. The Hall–Kier alpha value is -1.04. The number of hydrogen-bond donors (Lipinski definition) is 0. The summed E-state index contributed by atoms with van der Waals surface area (Å²) in [5.41, 5.74) is 6.77. The number of rotatable bonds is 0. The first kappa shape index (κ1) is 20.0. The normalized spacial score (nSPS) is 34.0. The van der Waals surface area contributed by atoms with Crippen LogP contribution in [0.2, 0.25) is 0 Å². The van der Waals surface area contributed by atoms with Crippen LogP contribution in [0.15, 0.2) is 30.4 Å². The van der Waals surface area contributed by atoms with E-state index in [0.29, 0.717) is 5.41 Å². The zero-order valence-electron chi connectivity index (χ0n) is 12.9. The summed E-state index contributed by atoms with van der Waals surface area (Å²) in [6.45, 7) is 9.14. The van der Waals surface area contributed by atoms with E-state index in [-0.39, 0.29) is 22.3 Å². The summed E-state index contributed by atoms with van der Waals surface area (Å²) in [5, 5.41) is 0. The van der Waals surface area contributed by atoms with Crippen molar-refractivity contribution in [3.8, 4) is 0 Å². The van der Waals surface area contributed by atoms with Crippen LogP contribution >= 0.6 is 0 Å². The van der Waals surface area contributed by atoms with Crippen LogP contribution in [-0.4, -0.2) is 0 Å². The van der Waals surface area contributed by atoms with Gasteiger partial charge < -0.3 is 0 Å². The molecule has 0 radical (unpaired) electrons. The van der Waals surface area contributed by atoms with Crippen LogP contribution in [0.25, 0.3) is 0 Å². The molecule has 3 aliphatic rings. The number of benzene rings is 1. The summed E-state index contributed by atoms with van der Waals surface area (Å²) in [5.74, 6) is 2.66. The molecule has 4 unspecified atom stereocenters. The second-order valence-electron chi connectivity index (χ2n) is 7.72. The maximum atomic E-state index is 4.40. The summed E-state index contributed by atoms with van der Waals surface area (Å²) < 4.78 is 0. The summed E-state index contributed by atoms with van der Waals surface area (Å²) >= 11 is 0. The molecule has 130 valence electrons. The first-order chi connectivity index (χ1) is 9.59. The second-order valence-corrected chi connectivity index (χ2v) is 7.72. The van der Waals surface area contributed by atoms with Gasteiger partial charge in [0.05, 0.1) is 0 Å². The van der Waals surface area contributed by atoms with Gasteiger partial charge in [0.1, 0.15) is 0 Å². The summed E-state index contributed by atoms with van der Waals surface area (Å²) in [7, 11) is 0. The monoisotopic (exact) mass is 314 g/mol. The summed E-state index contributed by atoms with van der Waals surface area (Å²) in [4.78, 5) is 0. The van der Waals surface area contributed by atoms with Gasteiger partial charge in [0.25, 0.3) is 0 Å². The molecule has 1 aromatic rings. The third-order valence-electron chi connectivity index (χ3n) is 6.84. The molecule has 0 N–H and O–H groups in total. The highest BCUT2D eigenvalue weighted by atomic mass is 14.6. The predicted octanol–water partition coefficient (Wildman–Crippen LogP) is 7.32. The number of aryl methyl sites for hydroxylation is 2. The Kier molecular flexibility index (Phi) is 5.94. The molecule has 0 spiro atoms. The van der Waals surface area contributed by atoms with Gasteiger partial charge in [-0.2, -0.15) is 0 Å². The Bertz CT molecular complexity index is 567. The molecule has 4 atom stereocenters. The van der Waals surface area contributed by atoms with Crippen molar-refractivity contribution in [2.45, 2.75) is 80.6 Å². The van der Waals surface area contributed by atoms with E-state index in [4.69, 9.17) is 0 Å². The fourth-order valence-corrected chi connectivity index (χ4v) is 5.62. The fourth-order valence-electron chi connectivity index (χ4n) is 5.62.